The van der Waals surface area contributed by atoms with Gasteiger partial charge in [0.05, 0.1) is 5.56 Å². The Morgan fingerprint density at radius 3 is 2.94 bits per heavy atom. The molecule has 0 unspecified atom stereocenters. The van der Waals surface area contributed by atoms with Crippen molar-refractivity contribution >= 4 is 32.8 Å². The molecule has 0 saturated carbocycles. The van der Waals surface area contributed by atoms with Crippen LogP contribution in [0.5, 0.6) is 0 Å². The molecule has 0 spiro atoms. The smallest absolute Gasteiger partial charge is 0.257 e. The van der Waals surface area contributed by atoms with Crippen LogP contribution < -0.4 is 0 Å². The minimum absolute atomic E-state index is 0.0101. The number of furan rings is 1. The minimum atomic E-state index is 0.0101. The maximum absolute atomic E-state index is 12.2. The third kappa shape index (κ3) is 2.52. The zero-order chi connectivity index (χ0) is 12.3. The number of hydrogen-bond acceptors (Lipinski definition) is 2. The Hall–Kier alpha value is -1.29. The molecule has 4 heteroatoms. The van der Waals surface area contributed by atoms with Crippen molar-refractivity contribution in [2.24, 2.45) is 0 Å². The molecule has 0 radical (unpaired) electrons. The van der Waals surface area contributed by atoms with Crippen molar-refractivity contribution in [1.29, 1.82) is 0 Å². The van der Waals surface area contributed by atoms with Gasteiger partial charge in [-0.2, -0.15) is 0 Å². The largest absolute Gasteiger partial charge is 0.463 e. The maximum atomic E-state index is 12.2. The van der Waals surface area contributed by atoms with E-state index >= 15 is 0 Å². The lowest BCUT2D eigenvalue weighted by molar-refractivity contribution is 0.0796. The molecule has 2 aromatic rings. The molecule has 0 aliphatic rings. The summed E-state index contributed by atoms with van der Waals surface area (Å²) in [5, 5.41) is 1.78. The highest BCUT2D eigenvalue weighted by Gasteiger charge is 2.16. The second-order valence-corrected chi connectivity index (χ2v) is 4.71. The molecule has 17 heavy (non-hydrogen) atoms. The number of hydrogen-bond donors (Lipinski definition) is 0. The lowest BCUT2D eigenvalue weighted by Crippen LogP contribution is -2.27. The molecule has 0 aliphatic carbocycles. The van der Waals surface area contributed by atoms with Gasteiger partial charge in [0.2, 0.25) is 0 Å². The zero-order valence-electron chi connectivity index (χ0n) is 9.65. The molecule has 1 heterocycles. The first-order chi connectivity index (χ1) is 8.24. The molecule has 0 aliphatic heterocycles. The average Bonchev–Trinajstić information content (AvgIpc) is 2.78. The van der Waals surface area contributed by atoms with E-state index in [0.29, 0.717) is 5.56 Å². The first-order valence-electron chi connectivity index (χ1n) is 5.51. The molecule has 0 saturated heterocycles. The van der Waals surface area contributed by atoms with Gasteiger partial charge in [0.25, 0.3) is 5.91 Å². The fourth-order valence-electron chi connectivity index (χ4n) is 1.75. The SMILES string of the molecule is CN(CCCBr)C(=O)c1coc2ccccc12. The number of alkyl halides is 1. The van der Waals surface area contributed by atoms with Crippen molar-refractivity contribution < 1.29 is 9.21 Å². The van der Waals surface area contributed by atoms with Gasteiger partial charge in [-0.25, -0.2) is 0 Å². The fourth-order valence-corrected chi connectivity index (χ4v) is 2.00. The summed E-state index contributed by atoms with van der Waals surface area (Å²) in [5.41, 5.74) is 1.39. The standard InChI is InChI=1S/C13H14BrNO2/c1-15(8-4-7-14)13(16)11-9-17-12-6-3-2-5-10(11)12/h2-3,5-6,9H,4,7-8H2,1H3. The summed E-state index contributed by atoms with van der Waals surface area (Å²) in [4.78, 5) is 13.9. The summed E-state index contributed by atoms with van der Waals surface area (Å²) in [6.45, 7) is 0.740. The van der Waals surface area contributed by atoms with Crippen molar-refractivity contribution in [1.82, 2.24) is 4.90 Å². The molecule has 1 aromatic heterocycles. The second kappa shape index (κ2) is 5.36. The Morgan fingerprint density at radius 1 is 1.41 bits per heavy atom. The number of benzene rings is 1. The third-order valence-electron chi connectivity index (χ3n) is 2.69. The van der Waals surface area contributed by atoms with Gasteiger partial charge in [0, 0.05) is 24.3 Å². The third-order valence-corrected chi connectivity index (χ3v) is 3.25. The van der Waals surface area contributed by atoms with Crippen LogP contribution in [0.15, 0.2) is 34.9 Å². The van der Waals surface area contributed by atoms with Crippen LogP contribution in [-0.2, 0) is 0 Å². The van der Waals surface area contributed by atoms with Gasteiger partial charge in [-0.1, -0.05) is 34.1 Å². The van der Waals surface area contributed by atoms with Crippen LogP contribution >= 0.6 is 15.9 Å². The summed E-state index contributed by atoms with van der Waals surface area (Å²) in [6, 6.07) is 7.58. The van der Waals surface area contributed by atoms with E-state index in [-0.39, 0.29) is 5.91 Å². The highest BCUT2D eigenvalue weighted by Crippen LogP contribution is 2.21. The maximum Gasteiger partial charge on any atom is 0.257 e. The lowest BCUT2D eigenvalue weighted by atomic mass is 10.1. The molecule has 0 atom stereocenters. The summed E-state index contributed by atoms with van der Waals surface area (Å²) in [6.07, 6.45) is 2.48. The number of para-hydroxylation sites is 1. The van der Waals surface area contributed by atoms with Gasteiger partial charge in [-0.15, -0.1) is 0 Å². The van der Waals surface area contributed by atoms with Gasteiger partial charge in [0.1, 0.15) is 11.8 Å². The van der Waals surface area contributed by atoms with Crippen LogP contribution in [0.25, 0.3) is 11.0 Å². The van der Waals surface area contributed by atoms with Gasteiger partial charge >= 0.3 is 0 Å². The number of carbonyl (C=O) groups excluding carboxylic acids is 1. The lowest BCUT2D eigenvalue weighted by Gasteiger charge is -2.15. The molecular weight excluding hydrogens is 282 g/mol. The summed E-state index contributed by atoms with van der Waals surface area (Å²) < 4.78 is 5.37. The molecule has 0 bridgehead atoms. The van der Waals surface area contributed by atoms with E-state index in [2.05, 4.69) is 15.9 Å². The van der Waals surface area contributed by atoms with E-state index in [1.54, 1.807) is 4.90 Å². The van der Waals surface area contributed by atoms with E-state index in [0.717, 1.165) is 29.3 Å². The van der Waals surface area contributed by atoms with E-state index in [1.165, 1.54) is 6.26 Å². The van der Waals surface area contributed by atoms with Crippen molar-refractivity contribution in [2.75, 3.05) is 18.9 Å². The summed E-state index contributed by atoms with van der Waals surface area (Å²) >= 11 is 3.36. The molecule has 0 N–H and O–H groups in total. The number of nitrogens with zero attached hydrogens (tertiary/aromatic N) is 1. The molecule has 90 valence electrons. The van der Waals surface area contributed by atoms with Crippen molar-refractivity contribution in [3.05, 3.63) is 36.1 Å². The highest BCUT2D eigenvalue weighted by molar-refractivity contribution is 9.09. The Kier molecular flexibility index (Phi) is 3.84. The Morgan fingerprint density at radius 2 is 2.18 bits per heavy atom. The predicted octanol–water partition coefficient (Wildman–Crippen LogP) is 3.29. The van der Waals surface area contributed by atoms with E-state index in [1.807, 2.05) is 31.3 Å². The molecule has 2 rings (SSSR count). The van der Waals surface area contributed by atoms with Crippen LogP contribution in [0.1, 0.15) is 16.8 Å². The van der Waals surface area contributed by atoms with Gasteiger partial charge in [-0.3, -0.25) is 4.79 Å². The zero-order valence-corrected chi connectivity index (χ0v) is 11.2. The van der Waals surface area contributed by atoms with Crippen LogP contribution in [0.3, 0.4) is 0 Å². The monoisotopic (exact) mass is 295 g/mol. The van der Waals surface area contributed by atoms with Crippen LogP contribution in [0.2, 0.25) is 0 Å². The van der Waals surface area contributed by atoms with Crippen molar-refractivity contribution in [3.63, 3.8) is 0 Å². The molecule has 1 amide bonds. The highest BCUT2D eigenvalue weighted by atomic mass is 79.9. The van der Waals surface area contributed by atoms with E-state index in [9.17, 15) is 4.79 Å². The molecular formula is C13H14BrNO2. The minimum Gasteiger partial charge on any atom is -0.463 e. The quantitative estimate of drug-likeness (QED) is 0.811. The molecule has 0 fully saturated rings. The van der Waals surface area contributed by atoms with E-state index < -0.39 is 0 Å². The number of fused-ring (bicyclic) bond motifs is 1. The Labute approximate surface area is 109 Å². The van der Waals surface area contributed by atoms with Gasteiger partial charge < -0.3 is 9.32 Å². The topological polar surface area (TPSA) is 33.5 Å². The molecule has 3 nitrogen and oxygen atoms in total. The number of halogens is 1. The van der Waals surface area contributed by atoms with Crippen LogP contribution in [0, 0.1) is 0 Å². The van der Waals surface area contributed by atoms with Crippen LogP contribution in [-0.4, -0.2) is 29.7 Å². The van der Waals surface area contributed by atoms with Crippen molar-refractivity contribution in [3.8, 4) is 0 Å². The average molecular weight is 296 g/mol. The Balaban J connectivity index is 2.24. The number of amides is 1. The number of rotatable bonds is 4. The first kappa shape index (κ1) is 12.2. The summed E-state index contributed by atoms with van der Waals surface area (Å²) in [7, 11) is 1.81. The predicted molar refractivity (Wildman–Crippen MR) is 71.6 cm³/mol. The normalized spacial score (nSPS) is 10.7. The summed E-state index contributed by atoms with van der Waals surface area (Å²) in [5.74, 6) is 0.0101. The van der Waals surface area contributed by atoms with Gasteiger partial charge in [-0.05, 0) is 12.5 Å². The van der Waals surface area contributed by atoms with Gasteiger partial charge in [0.15, 0.2) is 0 Å². The van der Waals surface area contributed by atoms with Crippen LogP contribution in [0.4, 0.5) is 0 Å². The Bertz CT molecular complexity index is 521. The first-order valence-corrected chi connectivity index (χ1v) is 6.64. The number of carbonyl (C=O) groups is 1. The van der Waals surface area contributed by atoms with Crippen molar-refractivity contribution in [2.45, 2.75) is 6.42 Å². The second-order valence-electron chi connectivity index (χ2n) is 3.91. The molecule has 1 aromatic carbocycles. The van der Waals surface area contributed by atoms with E-state index in [4.69, 9.17) is 4.42 Å². The fraction of sp³-hybridized carbons (Fsp3) is 0.308.